The summed E-state index contributed by atoms with van der Waals surface area (Å²) in [6, 6.07) is 7.21. The maximum absolute atomic E-state index is 11.7. The average Bonchev–Trinajstić information content (AvgIpc) is 2.42. The van der Waals surface area contributed by atoms with E-state index in [-0.39, 0.29) is 30.4 Å². The van der Waals surface area contributed by atoms with Gasteiger partial charge in [0, 0.05) is 11.7 Å². The van der Waals surface area contributed by atoms with Gasteiger partial charge in [0.15, 0.2) is 0 Å². The number of rotatable bonds is 3. The molecule has 2 rings (SSSR count). The van der Waals surface area contributed by atoms with Gasteiger partial charge in [0.25, 0.3) is 0 Å². The molecule has 1 fully saturated rings. The summed E-state index contributed by atoms with van der Waals surface area (Å²) in [5.41, 5.74) is 7.94. The Balaban J connectivity index is 2.40. The van der Waals surface area contributed by atoms with Crippen LogP contribution in [0.1, 0.15) is 31.9 Å². The molecule has 0 aromatic heterocycles. The number of nitrogens with zero attached hydrogens (tertiary/aromatic N) is 1. The zero-order valence-corrected chi connectivity index (χ0v) is 11.2. The summed E-state index contributed by atoms with van der Waals surface area (Å²) in [6.45, 7) is 3.98. The van der Waals surface area contributed by atoms with Crippen LogP contribution in [-0.2, 0) is 9.59 Å². The van der Waals surface area contributed by atoms with Gasteiger partial charge in [-0.15, -0.1) is 0 Å². The number of nitrogens with one attached hydrogen (secondary N) is 1. The summed E-state index contributed by atoms with van der Waals surface area (Å²) in [5.74, 6) is -0.543. The van der Waals surface area contributed by atoms with Crippen LogP contribution in [0.15, 0.2) is 24.3 Å². The summed E-state index contributed by atoms with van der Waals surface area (Å²) in [6.07, 6.45) is 0.805. The summed E-state index contributed by atoms with van der Waals surface area (Å²) in [5, 5.41) is 2.34. The minimum atomic E-state index is -0.372. The van der Waals surface area contributed by atoms with E-state index in [9.17, 15) is 9.59 Å². The monoisotopic (exact) mass is 261 g/mol. The largest absolute Gasteiger partial charge is 0.350 e. The summed E-state index contributed by atoms with van der Waals surface area (Å²) >= 11 is 0. The SMILES string of the molecule is CC[C@@H](N)c1ccccc1N1CC(=O)NC(=O)C1C. The highest BCUT2D eigenvalue weighted by atomic mass is 16.2. The Morgan fingerprint density at radius 1 is 1.42 bits per heavy atom. The van der Waals surface area contributed by atoms with E-state index in [4.69, 9.17) is 5.73 Å². The molecule has 1 aromatic carbocycles. The van der Waals surface area contributed by atoms with Crippen molar-refractivity contribution in [1.29, 1.82) is 0 Å². The third-order valence-corrected chi connectivity index (χ3v) is 3.51. The van der Waals surface area contributed by atoms with E-state index in [0.717, 1.165) is 17.7 Å². The van der Waals surface area contributed by atoms with Crippen LogP contribution in [0, 0.1) is 0 Å². The van der Waals surface area contributed by atoms with Crippen molar-refractivity contribution >= 4 is 17.5 Å². The standard InChI is InChI=1S/C14H19N3O2/c1-3-11(15)10-6-4-5-7-12(10)17-8-13(18)16-14(19)9(17)2/h4-7,9,11H,3,8,15H2,1-2H3,(H,16,18,19)/t9?,11-/m1/s1. The Kier molecular flexibility index (Phi) is 3.85. The van der Waals surface area contributed by atoms with Gasteiger partial charge in [-0.25, -0.2) is 0 Å². The minimum Gasteiger partial charge on any atom is -0.350 e. The van der Waals surface area contributed by atoms with Crippen LogP contribution in [0.5, 0.6) is 0 Å². The lowest BCUT2D eigenvalue weighted by Crippen LogP contribution is -2.57. The fourth-order valence-electron chi connectivity index (χ4n) is 2.29. The van der Waals surface area contributed by atoms with E-state index in [1.807, 2.05) is 36.1 Å². The first kappa shape index (κ1) is 13.5. The Hall–Kier alpha value is -1.88. The quantitative estimate of drug-likeness (QED) is 0.794. The van der Waals surface area contributed by atoms with E-state index in [1.54, 1.807) is 6.92 Å². The number of benzene rings is 1. The predicted molar refractivity (Wildman–Crippen MR) is 73.6 cm³/mol. The lowest BCUT2D eigenvalue weighted by Gasteiger charge is -2.35. The van der Waals surface area contributed by atoms with Crippen LogP contribution >= 0.6 is 0 Å². The molecule has 1 aromatic rings. The minimum absolute atomic E-state index is 0.0940. The lowest BCUT2D eigenvalue weighted by atomic mass is 10.0. The number of para-hydroxylation sites is 1. The van der Waals surface area contributed by atoms with Gasteiger partial charge in [0.1, 0.15) is 6.04 Å². The van der Waals surface area contributed by atoms with Gasteiger partial charge in [-0.05, 0) is 25.0 Å². The number of carbonyl (C=O) groups is 2. The molecule has 1 aliphatic heterocycles. The second-order valence-corrected chi connectivity index (χ2v) is 4.79. The molecule has 1 heterocycles. The van der Waals surface area contributed by atoms with Crippen LogP contribution in [0.4, 0.5) is 5.69 Å². The third-order valence-electron chi connectivity index (χ3n) is 3.51. The Morgan fingerprint density at radius 2 is 2.11 bits per heavy atom. The lowest BCUT2D eigenvalue weighted by molar-refractivity contribution is -0.132. The van der Waals surface area contributed by atoms with Crippen molar-refractivity contribution in [3.05, 3.63) is 29.8 Å². The van der Waals surface area contributed by atoms with Crippen molar-refractivity contribution in [2.75, 3.05) is 11.4 Å². The molecule has 1 saturated heterocycles. The van der Waals surface area contributed by atoms with Gasteiger partial charge < -0.3 is 10.6 Å². The molecule has 102 valence electrons. The first-order valence-corrected chi connectivity index (χ1v) is 6.49. The molecule has 0 saturated carbocycles. The number of amides is 2. The maximum Gasteiger partial charge on any atom is 0.249 e. The number of carbonyl (C=O) groups excluding carboxylic acids is 2. The molecule has 2 atom stereocenters. The highest BCUT2D eigenvalue weighted by Crippen LogP contribution is 2.28. The Labute approximate surface area is 112 Å². The Morgan fingerprint density at radius 3 is 2.79 bits per heavy atom. The molecule has 5 heteroatoms. The van der Waals surface area contributed by atoms with Gasteiger partial charge in [-0.2, -0.15) is 0 Å². The van der Waals surface area contributed by atoms with E-state index in [0.29, 0.717) is 0 Å². The molecule has 2 amide bonds. The van der Waals surface area contributed by atoms with Gasteiger partial charge in [-0.3, -0.25) is 14.9 Å². The first-order valence-electron chi connectivity index (χ1n) is 6.49. The highest BCUT2D eigenvalue weighted by Gasteiger charge is 2.31. The van der Waals surface area contributed by atoms with Crippen molar-refractivity contribution in [3.8, 4) is 0 Å². The smallest absolute Gasteiger partial charge is 0.249 e. The summed E-state index contributed by atoms with van der Waals surface area (Å²) in [4.78, 5) is 25.1. The third kappa shape index (κ3) is 2.61. The molecule has 19 heavy (non-hydrogen) atoms. The number of anilines is 1. The van der Waals surface area contributed by atoms with Gasteiger partial charge in [0.2, 0.25) is 11.8 Å². The maximum atomic E-state index is 11.7. The second-order valence-electron chi connectivity index (χ2n) is 4.79. The van der Waals surface area contributed by atoms with Gasteiger partial charge in [0.05, 0.1) is 6.54 Å². The van der Waals surface area contributed by atoms with E-state index in [2.05, 4.69) is 5.32 Å². The number of hydrogen-bond donors (Lipinski definition) is 2. The molecular weight excluding hydrogens is 242 g/mol. The van der Waals surface area contributed by atoms with Crippen LogP contribution in [0.25, 0.3) is 0 Å². The molecule has 1 aliphatic rings. The topological polar surface area (TPSA) is 75.4 Å². The van der Waals surface area contributed by atoms with Crippen molar-refractivity contribution in [3.63, 3.8) is 0 Å². The molecule has 3 N–H and O–H groups in total. The van der Waals surface area contributed by atoms with E-state index >= 15 is 0 Å². The van der Waals surface area contributed by atoms with E-state index in [1.165, 1.54) is 0 Å². The van der Waals surface area contributed by atoms with E-state index < -0.39 is 0 Å². The molecule has 0 bridgehead atoms. The summed E-state index contributed by atoms with van der Waals surface area (Å²) < 4.78 is 0. The molecule has 0 radical (unpaired) electrons. The predicted octanol–water partition coefficient (Wildman–Crippen LogP) is 0.948. The van der Waals surface area contributed by atoms with Gasteiger partial charge in [-0.1, -0.05) is 25.1 Å². The normalized spacial score (nSPS) is 21.2. The number of imide groups is 1. The fourth-order valence-corrected chi connectivity index (χ4v) is 2.29. The highest BCUT2D eigenvalue weighted by molar-refractivity contribution is 6.04. The molecule has 0 aliphatic carbocycles. The number of piperazine rings is 1. The first-order chi connectivity index (χ1) is 9.04. The average molecular weight is 261 g/mol. The zero-order valence-electron chi connectivity index (χ0n) is 11.2. The Bertz CT molecular complexity index is 501. The fraction of sp³-hybridized carbons (Fsp3) is 0.429. The summed E-state index contributed by atoms with van der Waals surface area (Å²) in [7, 11) is 0. The number of nitrogens with two attached hydrogens (primary N) is 1. The van der Waals surface area contributed by atoms with Crippen molar-refractivity contribution in [2.24, 2.45) is 5.73 Å². The van der Waals surface area contributed by atoms with Crippen molar-refractivity contribution in [1.82, 2.24) is 5.32 Å². The van der Waals surface area contributed by atoms with Crippen molar-refractivity contribution < 1.29 is 9.59 Å². The van der Waals surface area contributed by atoms with Crippen LogP contribution < -0.4 is 16.0 Å². The van der Waals surface area contributed by atoms with Crippen LogP contribution in [-0.4, -0.2) is 24.4 Å². The number of hydrogen-bond acceptors (Lipinski definition) is 4. The molecular formula is C14H19N3O2. The second kappa shape index (κ2) is 5.40. The molecule has 1 unspecified atom stereocenters. The zero-order chi connectivity index (χ0) is 14.0. The van der Waals surface area contributed by atoms with Gasteiger partial charge >= 0.3 is 0 Å². The van der Waals surface area contributed by atoms with Crippen LogP contribution in [0.3, 0.4) is 0 Å². The molecule has 0 spiro atoms. The van der Waals surface area contributed by atoms with Crippen molar-refractivity contribution in [2.45, 2.75) is 32.4 Å². The molecule has 5 nitrogen and oxygen atoms in total. The van der Waals surface area contributed by atoms with Crippen LogP contribution in [0.2, 0.25) is 0 Å².